The molecule has 2 aliphatic carbocycles. The monoisotopic (exact) mass is 459 g/mol. The maximum atomic E-state index is 4.89. The van der Waals surface area contributed by atoms with Crippen molar-refractivity contribution in [2.45, 2.75) is 45.2 Å². The molecule has 0 amide bonds. The van der Waals surface area contributed by atoms with Crippen LogP contribution in [0.25, 0.3) is 0 Å². The molecule has 6 nitrogen and oxygen atoms in total. The largest absolute Gasteiger partial charge is 0.364 e. The van der Waals surface area contributed by atoms with E-state index >= 15 is 0 Å². The lowest BCUT2D eigenvalue weighted by Gasteiger charge is -2.42. The number of rotatable bonds is 4. The zero-order valence-electron chi connectivity index (χ0n) is 15.1. The van der Waals surface area contributed by atoms with Crippen LogP contribution >= 0.6 is 24.0 Å². The van der Waals surface area contributed by atoms with Gasteiger partial charge in [-0.3, -0.25) is 4.90 Å². The van der Waals surface area contributed by atoms with Crippen molar-refractivity contribution in [1.29, 1.82) is 0 Å². The number of hydrogen-bond donors (Lipinski definition) is 1. The van der Waals surface area contributed by atoms with Crippen molar-refractivity contribution in [2.24, 2.45) is 16.8 Å². The molecule has 0 radical (unpaired) electrons. The average molecular weight is 459 g/mol. The molecular formula is C18H30IN5O. The number of nitrogens with zero attached hydrogens (tertiary/aromatic N) is 4. The average Bonchev–Trinajstić information content (AvgIpc) is 3.36. The molecule has 2 saturated carbocycles. The van der Waals surface area contributed by atoms with Gasteiger partial charge in [-0.15, -0.1) is 24.0 Å². The Morgan fingerprint density at radius 2 is 2.12 bits per heavy atom. The number of nitrogens with one attached hydrogen (secondary N) is 1. The van der Waals surface area contributed by atoms with Gasteiger partial charge in [-0.25, -0.2) is 4.99 Å². The Bertz CT molecular complexity index is 556. The molecule has 7 heteroatoms. The van der Waals surface area contributed by atoms with Gasteiger partial charge in [0.1, 0.15) is 12.0 Å². The van der Waals surface area contributed by atoms with Crippen molar-refractivity contribution in [3.05, 3.63) is 18.0 Å². The minimum absolute atomic E-state index is 0. The van der Waals surface area contributed by atoms with Crippen LogP contribution in [0.1, 0.15) is 38.3 Å². The van der Waals surface area contributed by atoms with E-state index in [0.29, 0.717) is 6.54 Å². The van der Waals surface area contributed by atoms with Crippen molar-refractivity contribution in [3.63, 3.8) is 0 Å². The van der Waals surface area contributed by atoms with E-state index in [1.54, 1.807) is 6.26 Å². The molecule has 4 rings (SSSR count). The van der Waals surface area contributed by atoms with E-state index in [9.17, 15) is 0 Å². The van der Waals surface area contributed by atoms with Crippen LogP contribution in [-0.4, -0.2) is 59.7 Å². The van der Waals surface area contributed by atoms with Gasteiger partial charge in [-0.2, -0.15) is 0 Å². The third-order valence-electron chi connectivity index (χ3n) is 6.00. The van der Waals surface area contributed by atoms with Crippen molar-refractivity contribution in [3.8, 4) is 0 Å². The first-order valence-corrected chi connectivity index (χ1v) is 9.50. The highest BCUT2D eigenvalue weighted by Crippen LogP contribution is 2.46. The molecule has 3 atom stereocenters. The van der Waals surface area contributed by atoms with E-state index in [1.807, 2.05) is 6.07 Å². The van der Waals surface area contributed by atoms with E-state index in [-0.39, 0.29) is 24.0 Å². The normalized spacial score (nSPS) is 29.7. The number of aromatic nitrogens is 1. The third-order valence-corrected chi connectivity index (χ3v) is 6.00. The van der Waals surface area contributed by atoms with Crippen LogP contribution in [0.3, 0.4) is 0 Å². The predicted molar refractivity (Wildman–Crippen MR) is 109 cm³/mol. The molecule has 3 fully saturated rings. The summed E-state index contributed by atoms with van der Waals surface area (Å²) in [6, 6.07) is 2.74. The molecule has 1 aromatic rings. The quantitative estimate of drug-likeness (QED) is 0.426. The Morgan fingerprint density at radius 3 is 2.72 bits per heavy atom. The highest BCUT2D eigenvalue weighted by atomic mass is 127. The van der Waals surface area contributed by atoms with Crippen LogP contribution in [0.15, 0.2) is 21.8 Å². The number of aliphatic imine (C=N–C) groups is 1. The van der Waals surface area contributed by atoms with Gasteiger partial charge in [0.2, 0.25) is 0 Å². The lowest BCUT2D eigenvalue weighted by Crippen LogP contribution is -2.55. The molecule has 0 aromatic carbocycles. The molecule has 2 heterocycles. The van der Waals surface area contributed by atoms with Crippen molar-refractivity contribution in [2.75, 3.05) is 32.7 Å². The lowest BCUT2D eigenvalue weighted by molar-refractivity contribution is 0.0958. The maximum Gasteiger partial charge on any atom is 0.194 e. The van der Waals surface area contributed by atoms with E-state index in [1.165, 1.54) is 38.8 Å². The van der Waals surface area contributed by atoms with Crippen molar-refractivity contribution < 1.29 is 4.52 Å². The summed E-state index contributed by atoms with van der Waals surface area (Å²) in [5, 5.41) is 7.37. The first-order chi connectivity index (χ1) is 11.8. The Hall–Kier alpha value is -0.830. The molecule has 1 aromatic heterocycles. The summed E-state index contributed by atoms with van der Waals surface area (Å²) >= 11 is 0. The molecule has 1 N–H and O–H groups in total. The Kier molecular flexibility index (Phi) is 6.60. The third kappa shape index (κ3) is 4.30. The molecule has 3 aliphatic rings. The molecule has 1 aliphatic heterocycles. The summed E-state index contributed by atoms with van der Waals surface area (Å²) in [6.07, 6.45) is 7.50. The first kappa shape index (κ1) is 18.9. The Balaban J connectivity index is 0.00000182. The summed E-state index contributed by atoms with van der Waals surface area (Å²) in [7, 11) is 0. The van der Waals surface area contributed by atoms with Gasteiger partial charge in [-0.05, 0) is 38.0 Å². The highest BCUT2D eigenvalue weighted by molar-refractivity contribution is 14.0. The fourth-order valence-electron chi connectivity index (χ4n) is 4.82. The van der Waals surface area contributed by atoms with Gasteiger partial charge >= 0.3 is 0 Å². The highest BCUT2D eigenvalue weighted by Gasteiger charge is 2.42. The van der Waals surface area contributed by atoms with Gasteiger partial charge in [0.25, 0.3) is 0 Å². The zero-order chi connectivity index (χ0) is 16.4. The number of halogens is 1. The van der Waals surface area contributed by atoms with Gasteiger partial charge in [0.15, 0.2) is 5.96 Å². The first-order valence-electron chi connectivity index (χ1n) is 9.50. The van der Waals surface area contributed by atoms with Crippen molar-refractivity contribution >= 4 is 29.9 Å². The number of fused-ring (bicyclic) bond motifs is 2. The molecule has 25 heavy (non-hydrogen) atoms. The maximum absolute atomic E-state index is 4.89. The fourth-order valence-corrected chi connectivity index (χ4v) is 4.82. The van der Waals surface area contributed by atoms with E-state index in [0.717, 1.165) is 49.2 Å². The number of hydrogen-bond acceptors (Lipinski definition) is 4. The smallest absolute Gasteiger partial charge is 0.194 e. The van der Waals surface area contributed by atoms with Crippen LogP contribution in [0.4, 0.5) is 0 Å². The van der Waals surface area contributed by atoms with E-state index < -0.39 is 0 Å². The van der Waals surface area contributed by atoms with Crippen LogP contribution in [0, 0.1) is 11.8 Å². The molecular weight excluding hydrogens is 429 g/mol. The Morgan fingerprint density at radius 1 is 1.28 bits per heavy atom. The standard InChI is InChI=1S/C18H29N5O.HI/c1-2-19-18(20-13-16-5-10-24-21-16)23-8-6-22(7-9-23)17-12-14-3-4-15(17)11-14;/h5,10,14-15,17H,2-4,6-9,11-13H2,1H3,(H,19,20);1H. The van der Waals surface area contributed by atoms with Crippen LogP contribution in [0.2, 0.25) is 0 Å². The second-order valence-corrected chi connectivity index (χ2v) is 7.43. The number of piperazine rings is 1. The predicted octanol–water partition coefficient (Wildman–Crippen LogP) is 2.56. The van der Waals surface area contributed by atoms with Gasteiger partial charge in [0, 0.05) is 44.8 Å². The molecule has 2 bridgehead atoms. The summed E-state index contributed by atoms with van der Waals surface area (Å²) < 4.78 is 4.89. The fraction of sp³-hybridized carbons (Fsp3) is 0.778. The molecule has 1 saturated heterocycles. The summed E-state index contributed by atoms with van der Waals surface area (Å²) in [4.78, 5) is 9.88. The SMILES string of the molecule is CCNC(=NCc1ccon1)N1CCN(C2CC3CCC2C3)CC1.I. The van der Waals surface area contributed by atoms with Crippen molar-refractivity contribution in [1.82, 2.24) is 20.3 Å². The van der Waals surface area contributed by atoms with E-state index in [2.05, 4.69) is 27.2 Å². The molecule has 3 unspecified atom stereocenters. The molecule has 0 spiro atoms. The zero-order valence-corrected chi connectivity index (χ0v) is 17.4. The number of guanidine groups is 1. The van der Waals surface area contributed by atoms with Gasteiger partial charge in [-0.1, -0.05) is 11.6 Å². The van der Waals surface area contributed by atoms with Crippen LogP contribution in [0.5, 0.6) is 0 Å². The van der Waals surface area contributed by atoms with Gasteiger partial charge in [0.05, 0.1) is 6.54 Å². The second-order valence-electron chi connectivity index (χ2n) is 7.43. The summed E-state index contributed by atoms with van der Waals surface area (Å²) in [5.74, 6) is 3.02. The molecule has 140 valence electrons. The second kappa shape index (κ2) is 8.70. The summed E-state index contributed by atoms with van der Waals surface area (Å²) in [6.45, 7) is 8.06. The summed E-state index contributed by atoms with van der Waals surface area (Å²) in [5.41, 5.74) is 0.881. The minimum Gasteiger partial charge on any atom is -0.364 e. The lowest BCUT2D eigenvalue weighted by atomic mass is 9.93. The Labute approximate surface area is 167 Å². The van der Waals surface area contributed by atoms with Gasteiger partial charge < -0.3 is 14.7 Å². The van der Waals surface area contributed by atoms with Crippen LogP contribution in [-0.2, 0) is 6.54 Å². The van der Waals surface area contributed by atoms with Crippen LogP contribution < -0.4 is 5.32 Å². The topological polar surface area (TPSA) is 56.9 Å². The van der Waals surface area contributed by atoms with E-state index in [4.69, 9.17) is 9.52 Å². The minimum atomic E-state index is 0.